The molecular formula is C22H24N4O2S2. The van der Waals surface area contributed by atoms with E-state index in [-0.39, 0.29) is 11.5 Å². The summed E-state index contributed by atoms with van der Waals surface area (Å²) in [5.74, 6) is 1.11. The van der Waals surface area contributed by atoms with E-state index < -0.39 is 0 Å². The number of thioether (sulfide) groups is 1. The molecule has 0 aromatic carbocycles. The van der Waals surface area contributed by atoms with E-state index in [4.69, 9.17) is 17.2 Å². The van der Waals surface area contributed by atoms with Crippen molar-refractivity contribution >= 4 is 51.7 Å². The van der Waals surface area contributed by atoms with Gasteiger partial charge < -0.3 is 4.90 Å². The molecule has 0 atom stereocenters. The number of hydrogen-bond donors (Lipinski definition) is 0. The maximum absolute atomic E-state index is 13.5. The van der Waals surface area contributed by atoms with E-state index in [0.717, 1.165) is 31.5 Å². The van der Waals surface area contributed by atoms with Gasteiger partial charge in [-0.15, -0.1) is 6.58 Å². The van der Waals surface area contributed by atoms with Crippen molar-refractivity contribution < 1.29 is 4.79 Å². The van der Waals surface area contributed by atoms with Gasteiger partial charge >= 0.3 is 0 Å². The third kappa shape index (κ3) is 3.70. The molecule has 2 aliphatic rings. The van der Waals surface area contributed by atoms with Gasteiger partial charge in [-0.1, -0.05) is 43.0 Å². The average molecular weight is 441 g/mol. The molecule has 0 unspecified atom stereocenters. The van der Waals surface area contributed by atoms with Crippen molar-refractivity contribution in [3.8, 4) is 0 Å². The molecule has 156 valence electrons. The molecule has 4 heterocycles. The zero-order chi connectivity index (χ0) is 21.4. The summed E-state index contributed by atoms with van der Waals surface area (Å²) in [7, 11) is 0. The van der Waals surface area contributed by atoms with Gasteiger partial charge in [0.1, 0.15) is 15.8 Å². The predicted molar refractivity (Wildman–Crippen MR) is 127 cm³/mol. The van der Waals surface area contributed by atoms with Crippen molar-refractivity contribution in [1.82, 2.24) is 14.3 Å². The maximum Gasteiger partial charge on any atom is 0.267 e. The minimum absolute atomic E-state index is 0.175. The van der Waals surface area contributed by atoms with Crippen LogP contribution in [0.4, 0.5) is 5.82 Å². The Bertz CT molecular complexity index is 1130. The Morgan fingerprint density at radius 3 is 2.77 bits per heavy atom. The highest BCUT2D eigenvalue weighted by Crippen LogP contribution is 2.34. The second kappa shape index (κ2) is 8.35. The number of aromatic nitrogens is 2. The fourth-order valence-corrected chi connectivity index (χ4v) is 5.06. The molecule has 2 saturated heterocycles. The summed E-state index contributed by atoms with van der Waals surface area (Å²) >= 11 is 6.56. The Balaban J connectivity index is 1.88. The smallest absolute Gasteiger partial charge is 0.267 e. The highest BCUT2D eigenvalue weighted by Gasteiger charge is 2.32. The molecule has 0 N–H and O–H groups in total. The normalized spacial score (nSPS) is 19.3. The molecule has 0 spiro atoms. The lowest BCUT2D eigenvalue weighted by atomic mass is 9.99. The number of hydrogen-bond acceptors (Lipinski definition) is 6. The molecule has 6 nitrogen and oxygen atoms in total. The monoisotopic (exact) mass is 440 g/mol. The van der Waals surface area contributed by atoms with Gasteiger partial charge in [0, 0.05) is 25.8 Å². The SMILES string of the molecule is C=CCN1C(=O)/C(=C\c2c(N3CCC(C)CC3)nc3c(C)cccn3c2=O)SC1=S. The molecule has 2 aromatic heterocycles. The quantitative estimate of drug-likeness (QED) is 0.411. The summed E-state index contributed by atoms with van der Waals surface area (Å²) in [6.45, 7) is 9.92. The fraction of sp³-hybridized carbons (Fsp3) is 0.364. The molecule has 2 aromatic rings. The lowest BCUT2D eigenvalue weighted by Gasteiger charge is -2.32. The van der Waals surface area contributed by atoms with Gasteiger partial charge in [0.05, 0.1) is 10.5 Å². The molecule has 1 amide bonds. The van der Waals surface area contributed by atoms with Crippen LogP contribution in [0, 0.1) is 12.8 Å². The minimum Gasteiger partial charge on any atom is -0.356 e. The van der Waals surface area contributed by atoms with Gasteiger partial charge in [-0.3, -0.25) is 18.9 Å². The van der Waals surface area contributed by atoms with Gasteiger partial charge in [0.25, 0.3) is 11.5 Å². The Labute approximate surface area is 185 Å². The zero-order valence-electron chi connectivity index (χ0n) is 17.1. The first kappa shape index (κ1) is 20.8. The van der Waals surface area contributed by atoms with Crippen LogP contribution in [-0.4, -0.2) is 44.1 Å². The van der Waals surface area contributed by atoms with Crippen LogP contribution in [0.3, 0.4) is 0 Å². The maximum atomic E-state index is 13.5. The van der Waals surface area contributed by atoms with Crippen LogP contribution in [0.2, 0.25) is 0 Å². The first-order valence-corrected chi connectivity index (χ1v) is 11.3. The molecule has 8 heteroatoms. The lowest BCUT2D eigenvalue weighted by Crippen LogP contribution is -2.36. The summed E-state index contributed by atoms with van der Waals surface area (Å²) in [5.41, 5.74) is 1.84. The summed E-state index contributed by atoms with van der Waals surface area (Å²) < 4.78 is 2.03. The number of pyridine rings is 1. The van der Waals surface area contributed by atoms with Crippen LogP contribution in [0.1, 0.15) is 30.9 Å². The van der Waals surface area contributed by atoms with Crippen LogP contribution < -0.4 is 10.5 Å². The zero-order valence-corrected chi connectivity index (χ0v) is 18.8. The number of carbonyl (C=O) groups is 1. The molecule has 2 aliphatic heterocycles. The molecule has 0 radical (unpaired) electrons. The van der Waals surface area contributed by atoms with Gasteiger partial charge in [-0.25, -0.2) is 4.98 Å². The van der Waals surface area contributed by atoms with Gasteiger partial charge in [0.15, 0.2) is 0 Å². The third-order valence-corrected chi connectivity index (χ3v) is 6.99. The number of piperidine rings is 1. The number of fused-ring (bicyclic) bond motifs is 1. The van der Waals surface area contributed by atoms with Crippen LogP contribution in [0.5, 0.6) is 0 Å². The van der Waals surface area contributed by atoms with E-state index in [9.17, 15) is 9.59 Å². The van der Waals surface area contributed by atoms with Crippen molar-refractivity contribution in [3.05, 3.63) is 57.4 Å². The summed E-state index contributed by atoms with van der Waals surface area (Å²) in [6, 6.07) is 3.78. The first-order valence-electron chi connectivity index (χ1n) is 10.0. The second-order valence-corrected chi connectivity index (χ2v) is 9.47. The standard InChI is InChI=1S/C22H24N4O2S2/c1-4-9-26-21(28)17(30-22(26)29)13-16-19(24-11-7-14(2)8-12-24)23-18-15(3)6-5-10-25(18)20(16)27/h4-6,10,13-14H,1,7-9,11-12H2,2-3H3/b17-13+. The van der Waals surface area contributed by atoms with Crippen LogP contribution in [-0.2, 0) is 4.79 Å². The average Bonchev–Trinajstić information content (AvgIpc) is 2.99. The molecule has 2 fully saturated rings. The van der Waals surface area contributed by atoms with Crippen molar-refractivity contribution in [3.63, 3.8) is 0 Å². The molecule has 4 rings (SSSR count). The fourth-order valence-electron chi connectivity index (χ4n) is 3.81. The van der Waals surface area contributed by atoms with E-state index >= 15 is 0 Å². The number of aryl methyl sites for hydroxylation is 1. The number of carbonyl (C=O) groups excluding carboxylic acids is 1. The summed E-state index contributed by atoms with van der Waals surface area (Å²) in [6.07, 6.45) is 7.13. The van der Waals surface area contributed by atoms with Crippen molar-refractivity contribution in [1.29, 1.82) is 0 Å². The van der Waals surface area contributed by atoms with Crippen LogP contribution in [0.25, 0.3) is 11.7 Å². The Morgan fingerprint density at radius 1 is 1.33 bits per heavy atom. The number of thiocarbonyl (C=S) groups is 1. The van der Waals surface area contributed by atoms with Gasteiger partial charge in [-0.05, 0) is 43.4 Å². The van der Waals surface area contributed by atoms with Gasteiger partial charge in [-0.2, -0.15) is 0 Å². The number of anilines is 1. The third-order valence-electron chi connectivity index (χ3n) is 5.61. The number of amides is 1. The highest BCUT2D eigenvalue weighted by atomic mass is 32.2. The second-order valence-electron chi connectivity index (χ2n) is 7.79. The molecule has 0 aliphatic carbocycles. The van der Waals surface area contributed by atoms with E-state index in [1.807, 2.05) is 19.1 Å². The highest BCUT2D eigenvalue weighted by molar-refractivity contribution is 8.26. The van der Waals surface area contributed by atoms with Crippen LogP contribution in [0.15, 0.2) is 40.7 Å². The topological polar surface area (TPSA) is 57.9 Å². The van der Waals surface area contributed by atoms with Crippen molar-refractivity contribution in [2.45, 2.75) is 26.7 Å². The van der Waals surface area contributed by atoms with Crippen molar-refractivity contribution in [2.75, 3.05) is 24.5 Å². The molecule has 0 saturated carbocycles. The molecular weight excluding hydrogens is 416 g/mol. The Morgan fingerprint density at radius 2 is 2.07 bits per heavy atom. The molecule has 0 bridgehead atoms. The summed E-state index contributed by atoms with van der Waals surface area (Å²) in [4.78, 5) is 35.3. The van der Waals surface area contributed by atoms with E-state index in [1.165, 1.54) is 16.7 Å². The van der Waals surface area contributed by atoms with E-state index in [2.05, 4.69) is 18.4 Å². The number of nitrogens with zero attached hydrogens (tertiary/aromatic N) is 4. The van der Waals surface area contributed by atoms with E-state index in [0.29, 0.717) is 38.7 Å². The van der Waals surface area contributed by atoms with Crippen molar-refractivity contribution in [2.24, 2.45) is 5.92 Å². The summed E-state index contributed by atoms with van der Waals surface area (Å²) in [5, 5.41) is 0. The van der Waals surface area contributed by atoms with Gasteiger partial charge in [0.2, 0.25) is 0 Å². The largest absolute Gasteiger partial charge is 0.356 e. The minimum atomic E-state index is -0.197. The molecule has 30 heavy (non-hydrogen) atoms. The van der Waals surface area contributed by atoms with E-state index in [1.54, 1.807) is 22.7 Å². The Kier molecular flexibility index (Phi) is 5.79. The first-order chi connectivity index (χ1) is 14.4. The van der Waals surface area contributed by atoms with Crippen LogP contribution >= 0.6 is 24.0 Å². The lowest BCUT2D eigenvalue weighted by molar-refractivity contribution is -0.121. The number of rotatable bonds is 4. The predicted octanol–water partition coefficient (Wildman–Crippen LogP) is 3.63. The Hall–Kier alpha value is -2.45.